The number of amides is 1. The second-order valence-corrected chi connectivity index (χ2v) is 6.23. The van der Waals surface area contributed by atoms with E-state index in [-0.39, 0.29) is 12.5 Å². The summed E-state index contributed by atoms with van der Waals surface area (Å²) in [7, 11) is 0. The van der Waals surface area contributed by atoms with Gasteiger partial charge in [-0.3, -0.25) is 15.6 Å². The predicted octanol–water partition coefficient (Wildman–Crippen LogP) is 3.83. The predicted molar refractivity (Wildman–Crippen MR) is 89.3 cm³/mol. The fourth-order valence-electron chi connectivity index (χ4n) is 1.43. The van der Waals surface area contributed by atoms with E-state index in [4.69, 9.17) is 16.3 Å². The van der Waals surface area contributed by atoms with Crippen LogP contribution in [0.1, 0.15) is 4.88 Å². The van der Waals surface area contributed by atoms with E-state index >= 15 is 0 Å². The molecule has 110 valence electrons. The maximum Gasteiger partial charge on any atom is 0.276 e. The molecule has 1 heterocycles. The molecule has 2 N–H and O–H groups in total. The van der Waals surface area contributed by atoms with Gasteiger partial charge in [-0.15, -0.1) is 11.3 Å². The van der Waals surface area contributed by atoms with E-state index in [0.29, 0.717) is 20.9 Å². The first-order valence-corrected chi connectivity index (χ1v) is 7.97. The molecule has 0 unspecified atom stereocenters. The van der Waals surface area contributed by atoms with Crippen LogP contribution in [0, 0.1) is 0 Å². The first-order valence-electron chi connectivity index (χ1n) is 5.92. The topological polar surface area (TPSA) is 50.4 Å². The second kappa shape index (κ2) is 7.49. The third kappa shape index (κ3) is 4.77. The first kappa shape index (κ1) is 15.9. The van der Waals surface area contributed by atoms with Gasteiger partial charge in [0.25, 0.3) is 5.91 Å². The molecule has 7 heteroatoms. The Bertz CT molecular complexity index is 646. The molecule has 0 aliphatic heterocycles. The monoisotopic (exact) mass is 386 g/mol. The summed E-state index contributed by atoms with van der Waals surface area (Å²) in [6, 6.07) is 8.91. The molecule has 0 saturated carbocycles. The Labute approximate surface area is 139 Å². The number of rotatable bonds is 6. The molecule has 4 nitrogen and oxygen atoms in total. The van der Waals surface area contributed by atoms with Gasteiger partial charge in [-0.25, -0.2) is 0 Å². The second-order valence-electron chi connectivity index (χ2n) is 3.99. The van der Waals surface area contributed by atoms with Gasteiger partial charge >= 0.3 is 0 Å². The number of hydrogen-bond acceptors (Lipinski definition) is 4. The third-order valence-corrected chi connectivity index (χ3v) is 4.21. The number of nitrogens with one attached hydrogen (secondary N) is 2. The van der Waals surface area contributed by atoms with Crippen LogP contribution in [0.2, 0.25) is 5.02 Å². The fraction of sp³-hybridized carbons (Fsp3) is 0.0714. The van der Waals surface area contributed by atoms with E-state index in [2.05, 4.69) is 33.4 Å². The number of thiophene rings is 1. The Morgan fingerprint density at radius 2 is 2.19 bits per heavy atom. The molecule has 0 aliphatic carbocycles. The van der Waals surface area contributed by atoms with Crippen molar-refractivity contribution in [2.24, 2.45) is 0 Å². The van der Waals surface area contributed by atoms with E-state index < -0.39 is 0 Å². The SMILES string of the molecule is C=C(NNC(=O)COc1ccc(Cl)cc1Br)c1cccs1. The largest absolute Gasteiger partial charge is 0.483 e. The summed E-state index contributed by atoms with van der Waals surface area (Å²) >= 11 is 10.7. The number of carbonyl (C=O) groups is 1. The van der Waals surface area contributed by atoms with Gasteiger partial charge in [-0.1, -0.05) is 24.2 Å². The summed E-state index contributed by atoms with van der Waals surface area (Å²) < 4.78 is 6.09. The summed E-state index contributed by atoms with van der Waals surface area (Å²) in [5.41, 5.74) is 5.90. The van der Waals surface area contributed by atoms with Gasteiger partial charge < -0.3 is 4.74 Å². The van der Waals surface area contributed by atoms with Crippen molar-refractivity contribution in [3.63, 3.8) is 0 Å². The molecule has 1 aromatic heterocycles. The Hall–Kier alpha value is -1.50. The lowest BCUT2D eigenvalue weighted by Crippen LogP contribution is -2.38. The maximum absolute atomic E-state index is 11.7. The summed E-state index contributed by atoms with van der Waals surface area (Å²) in [5, 5.41) is 2.53. The van der Waals surface area contributed by atoms with Gasteiger partial charge in [0.1, 0.15) is 5.75 Å². The molecule has 0 radical (unpaired) electrons. The maximum atomic E-state index is 11.7. The van der Waals surface area contributed by atoms with Crippen LogP contribution in [0.3, 0.4) is 0 Å². The smallest absolute Gasteiger partial charge is 0.276 e. The molecule has 0 atom stereocenters. The van der Waals surface area contributed by atoms with Crippen molar-refractivity contribution in [3.05, 3.63) is 56.7 Å². The van der Waals surface area contributed by atoms with Crippen molar-refractivity contribution in [2.75, 3.05) is 6.61 Å². The molecular formula is C14H12BrClN2O2S. The van der Waals surface area contributed by atoms with Gasteiger partial charge in [0.05, 0.1) is 15.0 Å². The zero-order chi connectivity index (χ0) is 15.2. The highest BCUT2D eigenvalue weighted by Gasteiger charge is 2.07. The van der Waals surface area contributed by atoms with Gasteiger partial charge in [0.2, 0.25) is 0 Å². The van der Waals surface area contributed by atoms with Gasteiger partial charge in [-0.2, -0.15) is 0 Å². The summed E-state index contributed by atoms with van der Waals surface area (Å²) in [5.74, 6) is 0.237. The van der Waals surface area contributed by atoms with Gasteiger partial charge in [-0.05, 0) is 45.6 Å². The Morgan fingerprint density at radius 1 is 1.38 bits per heavy atom. The summed E-state index contributed by atoms with van der Waals surface area (Å²) in [6.07, 6.45) is 0. The lowest BCUT2D eigenvalue weighted by Gasteiger charge is -2.11. The Morgan fingerprint density at radius 3 is 2.86 bits per heavy atom. The molecular weight excluding hydrogens is 376 g/mol. The zero-order valence-corrected chi connectivity index (χ0v) is 14.0. The summed E-state index contributed by atoms with van der Waals surface area (Å²) in [4.78, 5) is 12.6. The number of hydrazine groups is 1. The molecule has 0 bridgehead atoms. The normalized spacial score (nSPS) is 10.0. The van der Waals surface area contributed by atoms with Crippen LogP contribution < -0.4 is 15.6 Å². The van der Waals surface area contributed by atoms with Crippen LogP contribution in [-0.4, -0.2) is 12.5 Å². The number of ether oxygens (including phenoxy) is 1. The quantitative estimate of drug-likeness (QED) is 0.741. The number of halogens is 2. The minimum Gasteiger partial charge on any atom is -0.483 e. The Balaban J connectivity index is 1.78. The fourth-order valence-corrected chi connectivity index (χ4v) is 2.88. The van der Waals surface area contributed by atoms with Crippen molar-refractivity contribution >= 4 is 50.5 Å². The van der Waals surface area contributed by atoms with Crippen molar-refractivity contribution in [1.29, 1.82) is 0 Å². The highest BCUT2D eigenvalue weighted by molar-refractivity contribution is 9.10. The van der Waals surface area contributed by atoms with Gasteiger partial charge in [0, 0.05) is 5.02 Å². The lowest BCUT2D eigenvalue weighted by atomic mass is 10.3. The third-order valence-electron chi connectivity index (χ3n) is 2.42. The highest BCUT2D eigenvalue weighted by Crippen LogP contribution is 2.27. The minimum absolute atomic E-state index is 0.120. The molecule has 0 fully saturated rings. The summed E-state index contributed by atoms with van der Waals surface area (Å²) in [6.45, 7) is 3.71. The van der Waals surface area contributed by atoms with E-state index in [0.717, 1.165) is 4.88 Å². The van der Waals surface area contributed by atoms with E-state index in [1.165, 1.54) is 11.3 Å². The molecule has 2 aromatic rings. The van der Waals surface area contributed by atoms with Crippen molar-refractivity contribution in [2.45, 2.75) is 0 Å². The molecule has 1 amide bonds. The molecule has 0 saturated heterocycles. The molecule has 1 aromatic carbocycles. The Kier molecular flexibility index (Phi) is 5.67. The van der Waals surface area contributed by atoms with Crippen LogP contribution in [0.25, 0.3) is 5.70 Å². The average molecular weight is 388 g/mol. The van der Waals surface area contributed by atoms with Crippen LogP contribution in [-0.2, 0) is 4.79 Å². The standard InChI is InChI=1S/C14H12BrClN2O2S/c1-9(13-3-2-6-21-13)17-18-14(19)8-20-12-5-4-10(16)7-11(12)15/h2-7,17H,1,8H2,(H,18,19). The van der Waals surface area contributed by atoms with Crippen LogP contribution >= 0.6 is 38.9 Å². The van der Waals surface area contributed by atoms with E-state index in [1.807, 2.05) is 17.5 Å². The first-order chi connectivity index (χ1) is 10.1. The average Bonchev–Trinajstić information content (AvgIpc) is 2.98. The number of benzene rings is 1. The highest BCUT2D eigenvalue weighted by atomic mass is 79.9. The van der Waals surface area contributed by atoms with Gasteiger partial charge in [0.15, 0.2) is 6.61 Å². The van der Waals surface area contributed by atoms with Crippen LogP contribution in [0.15, 0.2) is 46.8 Å². The number of hydrogen-bond donors (Lipinski definition) is 2. The number of carbonyl (C=O) groups excluding carboxylic acids is 1. The van der Waals surface area contributed by atoms with E-state index in [9.17, 15) is 4.79 Å². The molecule has 0 spiro atoms. The zero-order valence-electron chi connectivity index (χ0n) is 10.9. The lowest BCUT2D eigenvalue weighted by molar-refractivity contribution is -0.123. The molecule has 21 heavy (non-hydrogen) atoms. The van der Waals surface area contributed by atoms with Crippen LogP contribution in [0.5, 0.6) is 5.75 Å². The van der Waals surface area contributed by atoms with Crippen LogP contribution in [0.4, 0.5) is 0 Å². The van der Waals surface area contributed by atoms with Crippen molar-refractivity contribution in [3.8, 4) is 5.75 Å². The molecule has 0 aliphatic rings. The van der Waals surface area contributed by atoms with Crippen molar-refractivity contribution < 1.29 is 9.53 Å². The van der Waals surface area contributed by atoms with Crippen molar-refractivity contribution in [1.82, 2.24) is 10.9 Å². The van der Waals surface area contributed by atoms with E-state index in [1.54, 1.807) is 18.2 Å². The minimum atomic E-state index is -0.311. The molecule has 2 rings (SSSR count).